The number of rotatable bonds is 6. The van der Waals surface area contributed by atoms with E-state index in [0.29, 0.717) is 39.0 Å². The number of nitrogens with zero attached hydrogens (tertiary/aromatic N) is 2. The highest BCUT2D eigenvalue weighted by molar-refractivity contribution is 5.94. The van der Waals surface area contributed by atoms with E-state index in [9.17, 15) is 14.0 Å². The molecule has 0 radical (unpaired) electrons. The van der Waals surface area contributed by atoms with Crippen molar-refractivity contribution in [2.24, 2.45) is 0 Å². The van der Waals surface area contributed by atoms with Gasteiger partial charge in [-0.15, -0.1) is 6.42 Å². The number of halogens is 1. The monoisotopic (exact) mass is 359 g/mol. The smallest absolute Gasteiger partial charge is 0.256 e. The zero-order valence-corrected chi connectivity index (χ0v) is 15.4. The van der Waals surface area contributed by atoms with Crippen molar-refractivity contribution in [1.82, 2.24) is 15.1 Å². The van der Waals surface area contributed by atoms with E-state index in [1.54, 1.807) is 17.0 Å². The Labute approximate surface area is 154 Å². The molecule has 0 atom stereocenters. The first-order valence-electron chi connectivity index (χ1n) is 8.99. The van der Waals surface area contributed by atoms with Crippen LogP contribution in [0.1, 0.15) is 37.0 Å². The molecule has 1 fully saturated rings. The molecule has 1 aromatic rings. The summed E-state index contributed by atoms with van der Waals surface area (Å²) in [6, 6.07) is 5.99. The largest absolute Gasteiger partial charge is 0.339 e. The topological polar surface area (TPSA) is 52.7 Å². The molecule has 1 heterocycles. The Kier molecular flexibility index (Phi) is 6.76. The van der Waals surface area contributed by atoms with E-state index in [-0.39, 0.29) is 23.9 Å². The van der Waals surface area contributed by atoms with Crippen LogP contribution >= 0.6 is 0 Å². The first kappa shape index (κ1) is 19.9. The fourth-order valence-electron chi connectivity index (χ4n) is 3.09. The van der Waals surface area contributed by atoms with Gasteiger partial charge in [0.25, 0.3) is 5.91 Å². The van der Waals surface area contributed by atoms with E-state index in [4.69, 9.17) is 6.42 Å². The first-order valence-corrected chi connectivity index (χ1v) is 8.99. The van der Waals surface area contributed by atoms with E-state index in [1.165, 1.54) is 12.1 Å². The maximum absolute atomic E-state index is 13.8. The summed E-state index contributed by atoms with van der Waals surface area (Å²) in [7, 11) is 0. The molecule has 1 aromatic carbocycles. The second kappa shape index (κ2) is 8.81. The highest BCUT2D eigenvalue weighted by Gasteiger charge is 2.28. The van der Waals surface area contributed by atoms with Crippen LogP contribution in [-0.2, 0) is 4.79 Å². The Morgan fingerprint density at radius 2 is 1.81 bits per heavy atom. The summed E-state index contributed by atoms with van der Waals surface area (Å²) in [4.78, 5) is 28.3. The summed E-state index contributed by atoms with van der Waals surface area (Å²) in [6.07, 6.45) is 6.93. The molecule has 1 N–H and O–H groups in total. The molecule has 1 aliphatic heterocycles. The van der Waals surface area contributed by atoms with Gasteiger partial charge >= 0.3 is 0 Å². The zero-order valence-electron chi connectivity index (χ0n) is 15.4. The van der Waals surface area contributed by atoms with E-state index in [2.05, 4.69) is 11.2 Å². The lowest BCUT2D eigenvalue weighted by atomic mass is 9.94. The lowest BCUT2D eigenvalue weighted by Crippen LogP contribution is -2.54. The zero-order chi connectivity index (χ0) is 19.2. The maximum atomic E-state index is 13.8. The number of amides is 2. The average Bonchev–Trinajstić information content (AvgIpc) is 2.66. The van der Waals surface area contributed by atoms with Crippen LogP contribution < -0.4 is 5.32 Å². The highest BCUT2D eigenvalue weighted by atomic mass is 19.1. The Hall–Kier alpha value is -2.39. The normalized spacial score (nSPS) is 15.4. The van der Waals surface area contributed by atoms with Gasteiger partial charge in [-0.25, -0.2) is 4.39 Å². The molecular formula is C20H26FN3O2. The highest BCUT2D eigenvalue weighted by Crippen LogP contribution is 2.14. The van der Waals surface area contributed by atoms with Gasteiger partial charge in [0.1, 0.15) is 11.4 Å². The predicted molar refractivity (Wildman–Crippen MR) is 99.0 cm³/mol. The van der Waals surface area contributed by atoms with Crippen LogP contribution in [0.4, 0.5) is 4.39 Å². The van der Waals surface area contributed by atoms with Gasteiger partial charge in [0.05, 0.1) is 12.1 Å². The first-order chi connectivity index (χ1) is 12.4. The average molecular weight is 359 g/mol. The molecule has 2 amide bonds. The Balaban J connectivity index is 1.87. The molecule has 2 rings (SSSR count). The molecule has 0 unspecified atom stereocenters. The lowest BCUT2D eigenvalue weighted by molar-refractivity contribution is -0.124. The third-order valence-electron chi connectivity index (χ3n) is 4.99. The van der Waals surface area contributed by atoms with Gasteiger partial charge in [0.15, 0.2) is 0 Å². The molecule has 0 bridgehead atoms. The fraction of sp³-hybridized carbons (Fsp3) is 0.500. The summed E-state index contributed by atoms with van der Waals surface area (Å²) < 4.78 is 13.8. The van der Waals surface area contributed by atoms with Gasteiger partial charge in [-0.05, 0) is 25.0 Å². The van der Waals surface area contributed by atoms with Crippen LogP contribution in [0, 0.1) is 18.2 Å². The number of carbonyl (C=O) groups is 2. The van der Waals surface area contributed by atoms with E-state index >= 15 is 0 Å². The van der Waals surface area contributed by atoms with Crippen molar-refractivity contribution in [2.45, 2.75) is 32.2 Å². The molecular weight excluding hydrogens is 333 g/mol. The van der Waals surface area contributed by atoms with Crippen LogP contribution in [0.25, 0.3) is 0 Å². The van der Waals surface area contributed by atoms with Gasteiger partial charge in [-0.2, -0.15) is 0 Å². The van der Waals surface area contributed by atoms with Gasteiger partial charge < -0.3 is 10.2 Å². The van der Waals surface area contributed by atoms with E-state index in [1.807, 2.05) is 18.7 Å². The number of benzene rings is 1. The Morgan fingerprint density at radius 3 is 2.35 bits per heavy atom. The Bertz CT molecular complexity index is 687. The van der Waals surface area contributed by atoms with Crippen molar-refractivity contribution in [1.29, 1.82) is 0 Å². The molecule has 0 aromatic heterocycles. The molecule has 140 valence electrons. The Morgan fingerprint density at radius 1 is 1.19 bits per heavy atom. The predicted octanol–water partition coefficient (Wildman–Crippen LogP) is 1.89. The fourth-order valence-corrected chi connectivity index (χ4v) is 3.09. The second-order valence-corrected chi connectivity index (χ2v) is 6.53. The quantitative estimate of drug-likeness (QED) is 0.790. The van der Waals surface area contributed by atoms with Crippen LogP contribution in [0.2, 0.25) is 0 Å². The number of carbonyl (C=O) groups excluding carboxylic acids is 2. The molecule has 0 spiro atoms. The molecule has 1 saturated heterocycles. The van der Waals surface area contributed by atoms with Crippen molar-refractivity contribution < 1.29 is 14.0 Å². The number of nitrogens with one attached hydrogen (secondary N) is 1. The lowest BCUT2D eigenvalue weighted by Gasteiger charge is -2.35. The standard InChI is InChI=1S/C20H26FN3O2/c1-4-20(5-2,6-3)22-18(25)15-23-11-13-24(14-12-23)19(26)16-9-7-8-10-17(16)21/h1,7-10H,5-6,11-15H2,2-3H3,(H,22,25). The van der Waals surface area contributed by atoms with Crippen molar-refractivity contribution in [3.05, 3.63) is 35.6 Å². The van der Waals surface area contributed by atoms with Crippen LogP contribution in [-0.4, -0.2) is 59.9 Å². The summed E-state index contributed by atoms with van der Waals surface area (Å²) in [5.41, 5.74) is -0.511. The number of hydrogen-bond acceptors (Lipinski definition) is 3. The number of hydrogen-bond donors (Lipinski definition) is 1. The van der Waals surface area contributed by atoms with Crippen LogP contribution in [0.5, 0.6) is 0 Å². The van der Waals surface area contributed by atoms with E-state index < -0.39 is 11.4 Å². The second-order valence-electron chi connectivity index (χ2n) is 6.53. The third-order valence-corrected chi connectivity index (χ3v) is 4.99. The summed E-state index contributed by atoms with van der Waals surface area (Å²) >= 11 is 0. The third kappa shape index (κ3) is 4.61. The summed E-state index contributed by atoms with van der Waals surface area (Å²) in [6.45, 7) is 6.20. The van der Waals surface area contributed by atoms with Crippen molar-refractivity contribution in [3.63, 3.8) is 0 Å². The van der Waals surface area contributed by atoms with Crippen LogP contribution in [0.3, 0.4) is 0 Å². The molecule has 0 aliphatic carbocycles. The number of piperazine rings is 1. The minimum Gasteiger partial charge on any atom is -0.339 e. The molecule has 0 saturated carbocycles. The molecule has 1 aliphatic rings. The van der Waals surface area contributed by atoms with Crippen LogP contribution in [0.15, 0.2) is 24.3 Å². The van der Waals surface area contributed by atoms with Gasteiger partial charge in [-0.1, -0.05) is 31.9 Å². The minimum atomic E-state index is -0.598. The minimum absolute atomic E-state index is 0.0865. The van der Waals surface area contributed by atoms with Gasteiger partial charge in [0, 0.05) is 26.2 Å². The number of terminal acetylenes is 1. The van der Waals surface area contributed by atoms with Crippen molar-refractivity contribution in [3.8, 4) is 12.3 Å². The SMILES string of the molecule is C#CC(CC)(CC)NC(=O)CN1CCN(C(=O)c2ccccc2F)CC1. The van der Waals surface area contributed by atoms with Gasteiger partial charge in [-0.3, -0.25) is 14.5 Å². The summed E-state index contributed by atoms with van der Waals surface area (Å²) in [5, 5.41) is 2.95. The molecule has 5 nitrogen and oxygen atoms in total. The molecule has 6 heteroatoms. The molecule has 26 heavy (non-hydrogen) atoms. The van der Waals surface area contributed by atoms with Crippen molar-refractivity contribution >= 4 is 11.8 Å². The van der Waals surface area contributed by atoms with Gasteiger partial charge in [0.2, 0.25) is 5.91 Å². The summed E-state index contributed by atoms with van der Waals surface area (Å²) in [5.74, 6) is 1.76. The van der Waals surface area contributed by atoms with E-state index in [0.717, 1.165) is 0 Å². The van der Waals surface area contributed by atoms with Crippen molar-refractivity contribution in [2.75, 3.05) is 32.7 Å². The maximum Gasteiger partial charge on any atom is 0.256 e.